The molecule has 0 N–H and O–H groups in total. The molecule has 8 heavy (non-hydrogen) atoms. The topological polar surface area (TPSA) is 17.1 Å². The van der Waals surface area contributed by atoms with Crippen LogP contribution in [-0.2, 0) is 4.79 Å². The number of alkyl halides is 1. The number of carbonyl (C=O) groups is 1. The molecule has 0 bridgehead atoms. The van der Waals surface area contributed by atoms with Crippen molar-refractivity contribution in [2.75, 3.05) is 5.33 Å². The highest BCUT2D eigenvalue weighted by atomic mass is 79.9. The molecule has 0 spiro atoms. The predicted molar refractivity (Wildman–Crippen MR) is 41.6 cm³/mol. The standard InChI is InChI=1S/C5H9BrOS/c6-4-2-1-3-5(7)8/h1-4H2,(H,7,8). The maximum atomic E-state index is 10.2. The van der Waals surface area contributed by atoms with Gasteiger partial charge in [0.25, 0.3) is 0 Å². The monoisotopic (exact) mass is 196 g/mol. The molecule has 0 radical (unpaired) electrons. The number of rotatable bonds is 4. The molecule has 0 aliphatic rings. The van der Waals surface area contributed by atoms with Crippen molar-refractivity contribution in [1.29, 1.82) is 0 Å². The van der Waals surface area contributed by atoms with Crippen molar-refractivity contribution < 1.29 is 4.79 Å². The summed E-state index contributed by atoms with van der Waals surface area (Å²) in [6, 6.07) is 0. The lowest BCUT2D eigenvalue weighted by atomic mass is 10.3. The zero-order chi connectivity index (χ0) is 6.41. The molecule has 0 fully saturated rings. The van der Waals surface area contributed by atoms with Crippen molar-refractivity contribution in [1.82, 2.24) is 0 Å². The molecule has 0 aliphatic heterocycles. The summed E-state index contributed by atoms with van der Waals surface area (Å²) in [4.78, 5) is 10.2. The van der Waals surface area contributed by atoms with Crippen LogP contribution in [0.25, 0.3) is 0 Å². The first-order chi connectivity index (χ1) is 3.77. The lowest BCUT2D eigenvalue weighted by Crippen LogP contribution is -1.85. The predicted octanol–water partition coefficient (Wildman–Crippen LogP) is 2.01. The van der Waals surface area contributed by atoms with Crippen LogP contribution in [-0.4, -0.2) is 10.4 Å². The van der Waals surface area contributed by atoms with E-state index in [-0.39, 0.29) is 5.12 Å². The molecule has 0 aliphatic carbocycles. The molecule has 3 heteroatoms. The minimum Gasteiger partial charge on any atom is -0.288 e. The summed E-state index contributed by atoms with van der Waals surface area (Å²) in [5, 5.41) is 0.972. The van der Waals surface area contributed by atoms with Crippen LogP contribution in [0, 0.1) is 0 Å². The van der Waals surface area contributed by atoms with E-state index in [9.17, 15) is 4.79 Å². The maximum absolute atomic E-state index is 10.2. The summed E-state index contributed by atoms with van der Waals surface area (Å²) in [6.45, 7) is 0. The third-order valence-corrected chi connectivity index (χ3v) is 1.56. The zero-order valence-corrected chi connectivity index (χ0v) is 7.04. The third-order valence-electron chi connectivity index (χ3n) is 0.774. The van der Waals surface area contributed by atoms with Gasteiger partial charge in [0.2, 0.25) is 0 Å². The van der Waals surface area contributed by atoms with E-state index >= 15 is 0 Å². The molecule has 0 saturated heterocycles. The molecular weight excluding hydrogens is 188 g/mol. The van der Waals surface area contributed by atoms with Gasteiger partial charge in [0.15, 0.2) is 5.12 Å². The van der Waals surface area contributed by atoms with Gasteiger partial charge in [-0.3, -0.25) is 4.79 Å². The maximum Gasteiger partial charge on any atom is 0.185 e. The number of carbonyl (C=O) groups excluding carboxylic acids is 1. The van der Waals surface area contributed by atoms with Gasteiger partial charge in [-0.2, -0.15) is 0 Å². The van der Waals surface area contributed by atoms with Gasteiger partial charge in [-0.1, -0.05) is 15.9 Å². The van der Waals surface area contributed by atoms with Gasteiger partial charge < -0.3 is 0 Å². The zero-order valence-electron chi connectivity index (χ0n) is 4.56. The molecule has 0 atom stereocenters. The summed E-state index contributed by atoms with van der Waals surface area (Å²) in [6.07, 6.45) is 2.62. The fourth-order valence-corrected chi connectivity index (χ4v) is 0.925. The van der Waals surface area contributed by atoms with E-state index < -0.39 is 0 Å². The quantitative estimate of drug-likeness (QED) is 0.414. The van der Waals surface area contributed by atoms with E-state index in [4.69, 9.17) is 0 Å². The first-order valence-corrected chi connectivity index (χ1v) is 4.12. The molecule has 48 valence electrons. The van der Waals surface area contributed by atoms with E-state index in [0.717, 1.165) is 18.2 Å². The molecule has 0 aromatic heterocycles. The third kappa shape index (κ3) is 6.50. The highest BCUT2D eigenvalue weighted by Crippen LogP contribution is 2.00. The molecule has 0 aromatic rings. The first-order valence-electron chi connectivity index (χ1n) is 2.55. The average molecular weight is 197 g/mol. The van der Waals surface area contributed by atoms with Crippen molar-refractivity contribution in [3.63, 3.8) is 0 Å². The van der Waals surface area contributed by atoms with E-state index in [0.29, 0.717) is 6.42 Å². The first kappa shape index (κ1) is 8.50. The smallest absolute Gasteiger partial charge is 0.185 e. The molecule has 0 amide bonds. The van der Waals surface area contributed by atoms with E-state index in [1.807, 2.05) is 0 Å². The van der Waals surface area contributed by atoms with Gasteiger partial charge >= 0.3 is 0 Å². The van der Waals surface area contributed by atoms with Gasteiger partial charge in [-0.25, -0.2) is 0 Å². The Morgan fingerprint density at radius 2 is 2.12 bits per heavy atom. The SMILES string of the molecule is O=C(S)CCCCBr. The molecule has 1 nitrogen and oxygen atoms in total. The van der Waals surface area contributed by atoms with Crippen LogP contribution < -0.4 is 0 Å². The van der Waals surface area contributed by atoms with Gasteiger partial charge in [-0.05, 0) is 12.8 Å². The van der Waals surface area contributed by atoms with E-state index in [2.05, 4.69) is 28.6 Å². The van der Waals surface area contributed by atoms with E-state index in [1.54, 1.807) is 0 Å². The fraction of sp³-hybridized carbons (Fsp3) is 0.800. The Balaban J connectivity index is 2.82. The van der Waals surface area contributed by atoms with Crippen molar-refractivity contribution >= 4 is 33.7 Å². The van der Waals surface area contributed by atoms with E-state index in [1.165, 1.54) is 0 Å². The number of hydrogen-bond acceptors (Lipinski definition) is 1. The average Bonchev–Trinajstić information content (AvgIpc) is 1.66. The fourth-order valence-electron chi connectivity index (χ4n) is 0.371. The van der Waals surface area contributed by atoms with Crippen molar-refractivity contribution in [3.05, 3.63) is 0 Å². The summed E-state index contributed by atoms with van der Waals surface area (Å²) in [7, 11) is 0. The number of unbranched alkanes of at least 4 members (excludes halogenated alkanes) is 1. The minimum atomic E-state index is -0.00838. The van der Waals surface area contributed by atoms with Gasteiger partial charge in [-0.15, -0.1) is 12.6 Å². The Morgan fingerprint density at radius 3 is 2.50 bits per heavy atom. The Kier molecular flexibility index (Phi) is 5.99. The normalized spacial score (nSPS) is 9.25. The summed E-state index contributed by atoms with van der Waals surface area (Å²) < 4.78 is 0. The number of hydrogen-bond donors (Lipinski definition) is 1. The van der Waals surface area contributed by atoms with Crippen LogP contribution in [0.5, 0.6) is 0 Å². The molecule has 0 rings (SSSR count). The van der Waals surface area contributed by atoms with Crippen molar-refractivity contribution in [2.24, 2.45) is 0 Å². The van der Waals surface area contributed by atoms with Crippen LogP contribution in [0.3, 0.4) is 0 Å². The Hall–Kier alpha value is 0.500. The largest absolute Gasteiger partial charge is 0.288 e. The number of thiol groups is 1. The van der Waals surface area contributed by atoms with Gasteiger partial charge in [0, 0.05) is 11.8 Å². The van der Waals surface area contributed by atoms with Gasteiger partial charge in [0.1, 0.15) is 0 Å². The van der Waals surface area contributed by atoms with Crippen LogP contribution in [0.2, 0.25) is 0 Å². The highest BCUT2D eigenvalue weighted by Gasteiger charge is 1.91. The second-order valence-electron chi connectivity index (χ2n) is 1.54. The molecule has 0 heterocycles. The lowest BCUT2D eigenvalue weighted by Gasteiger charge is -1.89. The lowest BCUT2D eigenvalue weighted by molar-refractivity contribution is -0.110. The highest BCUT2D eigenvalue weighted by molar-refractivity contribution is 9.09. The van der Waals surface area contributed by atoms with Crippen molar-refractivity contribution in [2.45, 2.75) is 19.3 Å². The molecule has 0 aromatic carbocycles. The van der Waals surface area contributed by atoms with Gasteiger partial charge in [0.05, 0.1) is 0 Å². The Bertz CT molecular complexity index is 74.8. The Morgan fingerprint density at radius 1 is 1.50 bits per heavy atom. The minimum absolute atomic E-state index is 0.00838. The second kappa shape index (κ2) is 5.63. The molecule has 0 unspecified atom stereocenters. The summed E-state index contributed by atoms with van der Waals surface area (Å²) in [5.74, 6) is 0. The van der Waals surface area contributed by atoms with Crippen LogP contribution in [0.1, 0.15) is 19.3 Å². The second-order valence-corrected chi connectivity index (χ2v) is 2.83. The molecular formula is C5H9BrOS. The Labute approximate surface area is 63.4 Å². The van der Waals surface area contributed by atoms with Crippen molar-refractivity contribution in [3.8, 4) is 0 Å². The summed E-state index contributed by atoms with van der Waals surface area (Å²) >= 11 is 6.88. The number of halogens is 1. The molecule has 0 saturated carbocycles. The summed E-state index contributed by atoms with van der Waals surface area (Å²) in [5.41, 5.74) is 0. The van der Waals surface area contributed by atoms with Crippen LogP contribution in [0.15, 0.2) is 0 Å². The van der Waals surface area contributed by atoms with Crippen LogP contribution in [0.4, 0.5) is 0 Å². The van der Waals surface area contributed by atoms with Crippen LogP contribution >= 0.6 is 28.6 Å².